The normalized spacial score (nSPS) is 10.3. The van der Waals surface area contributed by atoms with E-state index in [2.05, 4.69) is 20.5 Å². The topological polar surface area (TPSA) is 84.9 Å². The lowest BCUT2D eigenvalue weighted by Crippen LogP contribution is -2.19. The molecule has 2 aromatic rings. The molecule has 90 valence electrons. The van der Waals surface area contributed by atoms with E-state index in [1.807, 2.05) is 37.5 Å². The van der Waals surface area contributed by atoms with Gasteiger partial charge in [0.2, 0.25) is 5.95 Å². The van der Waals surface area contributed by atoms with E-state index in [4.69, 9.17) is 5.84 Å². The van der Waals surface area contributed by atoms with Crippen LogP contribution in [0.5, 0.6) is 0 Å². The van der Waals surface area contributed by atoms with Crippen molar-refractivity contribution in [3.63, 3.8) is 0 Å². The number of hydrazine groups is 1. The van der Waals surface area contributed by atoms with Crippen LogP contribution in [0.1, 0.15) is 5.56 Å². The fourth-order valence-electron chi connectivity index (χ4n) is 1.54. The van der Waals surface area contributed by atoms with Crippen LogP contribution >= 0.6 is 0 Å². The van der Waals surface area contributed by atoms with Gasteiger partial charge in [0.05, 0.1) is 6.20 Å². The predicted molar refractivity (Wildman–Crippen MR) is 65.2 cm³/mol. The molecule has 0 aliphatic carbocycles. The zero-order chi connectivity index (χ0) is 12.3. The summed E-state index contributed by atoms with van der Waals surface area (Å²) in [5.41, 5.74) is 3.55. The number of nitrogens with one attached hydrogen (secondary N) is 1. The van der Waals surface area contributed by atoms with Gasteiger partial charge in [0.1, 0.15) is 5.82 Å². The molecule has 0 atom stereocenters. The van der Waals surface area contributed by atoms with Crippen molar-refractivity contribution in [3.8, 4) is 0 Å². The van der Waals surface area contributed by atoms with Crippen molar-refractivity contribution in [2.75, 3.05) is 17.4 Å². The maximum atomic E-state index is 5.27. The third kappa shape index (κ3) is 2.70. The molecule has 0 unspecified atom stereocenters. The molecule has 0 saturated heterocycles. The second kappa shape index (κ2) is 4.79. The highest BCUT2D eigenvalue weighted by Gasteiger charge is 2.06. The second-order valence-electron chi connectivity index (χ2n) is 3.76. The first-order chi connectivity index (χ1) is 8.19. The van der Waals surface area contributed by atoms with E-state index in [0.717, 1.165) is 17.9 Å². The Morgan fingerprint density at radius 2 is 2.35 bits per heavy atom. The molecule has 0 fully saturated rings. The Kier molecular flexibility index (Phi) is 3.20. The standard InChI is InChI=1S/C10H15N7/c1-16(6-8-5-13-17(2)7-8)9-3-4-12-10(14-9)15-11/h3-5,7H,6,11H2,1-2H3,(H,12,14,15). The molecule has 0 bridgehead atoms. The molecule has 3 N–H and O–H groups in total. The van der Waals surface area contributed by atoms with Crippen LogP contribution < -0.4 is 16.2 Å². The minimum Gasteiger partial charge on any atom is -0.355 e. The lowest BCUT2D eigenvalue weighted by Gasteiger charge is -2.17. The molecule has 0 aromatic carbocycles. The molecule has 17 heavy (non-hydrogen) atoms. The van der Waals surface area contributed by atoms with E-state index in [1.54, 1.807) is 10.9 Å². The molecule has 2 aromatic heterocycles. The van der Waals surface area contributed by atoms with E-state index in [9.17, 15) is 0 Å². The molecule has 0 aliphatic heterocycles. The first-order valence-corrected chi connectivity index (χ1v) is 5.17. The molecule has 0 radical (unpaired) electrons. The van der Waals surface area contributed by atoms with E-state index < -0.39 is 0 Å². The quantitative estimate of drug-likeness (QED) is 0.577. The molecule has 7 nitrogen and oxygen atoms in total. The van der Waals surface area contributed by atoms with Crippen LogP contribution in [-0.4, -0.2) is 26.8 Å². The Balaban J connectivity index is 2.11. The van der Waals surface area contributed by atoms with Gasteiger partial charge < -0.3 is 4.90 Å². The minimum absolute atomic E-state index is 0.403. The van der Waals surface area contributed by atoms with Crippen molar-refractivity contribution in [2.45, 2.75) is 6.54 Å². The molecule has 2 rings (SSSR count). The molecular formula is C10H15N7. The van der Waals surface area contributed by atoms with Gasteiger partial charge in [-0.15, -0.1) is 0 Å². The van der Waals surface area contributed by atoms with Gasteiger partial charge in [-0.05, 0) is 6.07 Å². The fraction of sp³-hybridized carbons (Fsp3) is 0.300. The lowest BCUT2D eigenvalue weighted by molar-refractivity contribution is 0.766. The second-order valence-corrected chi connectivity index (χ2v) is 3.76. The molecule has 2 heterocycles. The van der Waals surface area contributed by atoms with E-state index >= 15 is 0 Å². The van der Waals surface area contributed by atoms with Crippen LogP contribution in [0.3, 0.4) is 0 Å². The Bertz CT molecular complexity index is 493. The molecule has 0 saturated carbocycles. The van der Waals surface area contributed by atoms with Crippen LogP contribution in [-0.2, 0) is 13.6 Å². The van der Waals surface area contributed by atoms with Crippen LogP contribution in [0.15, 0.2) is 24.7 Å². The fourth-order valence-corrected chi connectivity index (χ4v) is 1.54. The van der Waals surface area contributed by atoms with Gasteiger partial charge >= 0.3 is 0 Å². The largest absolute Gasteiger partial charge is 0.355 e. The van der Waals surface area contributed by atoms with Crippen molar-refractivity contribution >= 4 is 11.8 Å². The smallest absolute Gasteiger partial charge is 0.239 e. The number of nitrogens with zero attached hydrogens (tertiary/aromatic N) is 5. The molecule has 7 heteroatoms. The summed E-state index contributed by atoms with van der Waals surface area (Å²) in [5, 5.41) is 4.12. The molecule has 0 spiro atoms. The van der Waals surface area contributed by atoms with E-state index in [0.29, 0.717) is 5.95 Å². The maximum absolute atomic E-state index is 5.27. The van der Waals surface area contributed by atoms with Crippen molar-refractivity contribution in [1.82, 2.24) is 19.7 Å². The number of anilines is 2. The van der Waals surface area contributed by atoms with Crippen LogP contribution in [0, 0.1) is 0 Å². The summed E-state index contributed by atoms with van der Waals surface area (Å²) in [6.07, 6.45) is 5.47. The number of hydrogen-bond acceptors (Lipinski definition) is 6. The highest BCUT2D eigenvalue weighted by molar-refractivity contribution is 5.41. The van der Waals surface area contributed by atoms with E-state index in [1.165, 1.54) is 0 Å². The third-order valence-electron chi connectivity index (χ3n) is 2.34. The average molecular weight is 233 g/mol. The van der Waals surface area contributed by atoms with Crippen molar-refractivity contribution in [2.24, 2.45) is 12.9 Å². The SMILES string of the molecule is CN(Cc1cnn(C)c1)c1ccnc(NN)n1. The first kappa shape index (κ1) is 11.3. The molecule has 0 amide bonds. The molecular weight excluding hydrogens is 218 g/mol. The van der Waals surface area contributed by atoms with Crippen LogP contribution in [0.4, 0.5) is 11.8 Å². The van der Waals surface area contributed by atoms with Crippen LogP contribution in [0.2, 0.25) is 0 Å². The Labute approximate surface area is 99.2 Å². The maximum Gasteiger partial charge on any atom is 0.239 e. The van der Waals surface area contributed by atoms with Crippen molar-refractivity contribution in [3.05, 3.63) is 30.2 Å². The monoisotopic (exact) mass is 233 g/mol. The summed E-state index contributed by atoms with van der Waals surface area (Å²) in [6.45, 7) is 0.731. The Morgan fingerprint density at radius 1 is 1.53 bits per heavy atom. The number of hydrogen-bond donors (Lipinski definition) is 2. The zero-order valence-electron chi connectivity index (χ0n) is 9.83. The number of aryl methyl sites for hydroxylation is 1. The summed E-state index contributed by atoms with van der Waals surface area (Å²) in [4.78, 5) is 10.2. The van der Waals surface area contributed by atoms with Gasteiger partial charge in [-0.2, -0.15) is 10.1 Å². The first-order valence-electron chi connectivity index (χ1n) is 5.17. The highest BCUT2D eigenvalue weighted by Crippen LogP contribution is 2.12. The summed E-state index contributed by atoms with van der Waals surface area (Å²) in [6, 6.07) is 1.83. The number of rotatable bonds is 4. The van der Waals surface area contributed by atoms with Gasteiger partial charge in [-0.1, -0.05) is 0 Å². The lowest BCUT2D eigenvalue weighted by atomic mass is 10.3. The third-order valence-corrected chi connectivity index (χ3v) is 2.34. The van der Waals surface area contributed by atoms with Gasteiger partial charge in [-0.25, -0.2) is 10.8 Å². The number of aromatic nitrogens is 4. The summed E-state index contributed by atoms with van der Waals surface area (Å²) in [5.74, 6) is 6.47. The Hall–Kier alpha value is -2.15. The van der Waals surface area contributed by atoms with Crippen molar-refractivity contribution < 1.29 is 0 Å². The van der Waals surface area contributed by atoms with Gasteiger partial charge in [0.15, 0.2) is 0 Å². The number of nitrogen functional groups attached to an aromatic ring is 1. The Morgan fingerprint density at radius 3 is 3.00 bits per heavy atom. The summed E-state index contributed by atoms with van der Waals surface area (Å²) in [7, 11) is 3.85. The summed E-state index contributed by atoms with van der Waals surface area (Å²) >= 11 is 0. The van der Waals surface area contributed by atoms with E-state index in [-0.39, 0.29) is 0 Å². The zero-order valence-corrected chi connectivity index (χ0v) is 9.83. The highest BCUT2D eigenvalue weighted by atomic mass is 15.3. The predicted octanol–water partition coefficient (Wildman–Crippen LogP) is 0.132. The minimum atomic E-state index is 0.403. The average Bonchev–Trinajstić information content (AvgIpc) is 2.75. The number of nitrogens with two attached hydrogens (primary N) is 1. The van der Waals surface area contributed by atoms with Gasteiger partial charge in [0, 0.05) is 38.6 Å². The van der Waals surface area contributed by atoms with Gasteiger partial charge in [-0.3, -0.25) is 10.1 Å². The molecule has 0 aliphatic rings. The van der Waals surface area contributed by atoms with Gasteiger partial charge in [0.25, 0.3) is 0 Å². The van der Waals surface area contributed by atoms with Crippen LogP contribution in [0.25, 0.3) is 0 Å². The summed E-state index contributed by atoms with van der Waals surface area (Å²) < 4.78 is 1.77. The van der Waals surface area contributed by atoms with Crippen molar-refractivity contribution in [1.29, 1.82) is 0 Å².